The van der Waals surface area contributed by atoms with Gasteiger partial charge in [-0.15, -0.1) is 0 Å². The van der Waals surface area contributed by atoms with Gasteiger partial charge < -0.3 is 19.1 Å². The molecule has 6 heteroatoms. The second kappa shape index (κ2) is 5.82. The number of benzene rings is 1. The lowest BCUT2D eigenvalue weighted by atomic mass is 10.2. The van der Waals surface area contributed by atoms with E-state index < -0.39 is 0 Å². The average Bonchev–Trinajstić information content (AvgIpc) is 2.85. The minimum atomic E-state index is -0.351. The van der Waals surface area contributed by atoms with Gasteiger partial charge in [0.1, 0.15) is 5.69 Å². The van der Waals surface area contributed by atoms with Crippen LogP contribution >= 0.6 is 11.6 Å². The van der Waals surface area contributed by atoms with Gasteiger partial charge in [-0.3, -0.25) is 0 Å². The van der Waals surface area contributed by atoms with E-state index in [4.69, 9.17) is 16.3 Å². The van der Waals surface area contributed by atoms with Crippen molar-refractivity contribution in [2.24, 2.45) is 7.05 Å². The number of piperazine rings is 1. The maximum Gasteiger partial charge on any atom is 0.354 e. The van der Waals surface area contributed by atoms with Crippen LogP contribution in [-0.2, 0) is 11.8 Å². The molecule has 2 heterocycles. The summed E-state index contributed by atoms with van der Waals surface area (Å²) in [4.78, 5) is 16.5. The zero-order valence-corrected chi connectivity index (χ0v) is 13.9. The smallest absolute Gasteiger partial charge is 0.354 e. The van der Waals surface area contributed by atoms with Crippen molar-refractivity contribution in [3.05, 3.63) is 28.9 Å². The fourth-order valence-electron chi connectivity index (χ4n) is 2.92. The number of hydrogen-bond donors (Lipinski definition) is 0. The molecule has 0 amide bonds. The Morgan fingerprint density at radius 1 is 1.14 bits per heavy atom. The predicted octanol–water partition coefficient (Wildman–Crippen LogP) is 2.37. The van der Waals surface area contributed by atoms with Gasteiger partial charge in [0, 0.05) is 44.3 Å². The van der Waals surface area contributed by atoms with Gasteiger partial charge >= 0.3 is 5.97 Å². The first-order chi connectivity index (χ1) is 10.5. The van der Waals surface area contributed by atoms with Crippen LogP contribution < -0.4 is 4.90 Å². The van der Waals surface area contributed by atoms with Gasteiger partial charge in [-0.2, -0.15) is 0 Å². The normalized spacial score (nSPS) is 16.3. The Morgan fingerprint density at radius 3 is 2.45 bits per heavy atom. The first kappa shape index (κ1) is 15.2. The molecule has 118 valence electrons. The molecule has 5 nitrogen and oxygen atoms in total. The second-order valence-corrected chi connectivity index (χ2v) is 6.14. The predicted molar refractivity (Wildman–Crippen MR) is 89.0 cm³/mol. The lowest BCUT2D eigenvalue weighted by Crippen LogP contribution is -2.44. The van der Waals surface area contributed by atoms with Crippen molar-refractivity contribution in [1.29, 1.82) is 0 Å². The monoisotopic (exact) mass is 321 g/mol. The molecule has 1 saturated heterocycles. The van der Waals surface area contributed by atoms with E-state index in [0.717, 1.165) is 42.8 Å². The molecule has 3 rings (SSSR count). The van der Waals surface area contributed by atoms with Gasteiger partial charge in [-0.05, 0) is 25.2 Å². The number of methoxy groups -OCH3 is 1. The molecule has 0 spiro atoms. The number of aromatic nitrogens is 1. The van der Waals surface area contributed by atoms with E-state index in [1.165, 1.54) is 7.11 Å². The molecule has 0 aliphatic carbocycles. The van der Waals surface area contributed by atoms with E-state index in [-0.39, 0.29) is 5.97 Å². The van der Waals surface area contributed by atoms with Crippen LogP contribution in [0.3, 0.4) is 0 Å². The molecule has 1 aliphatic heterocycles. The van der Waals surface area contributed by atoms with E-state index in [1.807, 2.05) is 17.7 Å². The molecule has 1 aliphatic rings. The maximum atomic E-state index is 11.8. The highest BCUT2D eigenvalue weighted by Gasteiger charge is 2.19. The van der Waals surface area contributed by atoms with Crippen LogP contribution in [0.1, 0.15) is 10.5 Å². The molecule has 22 heavy (non-hydrogen) atoms. The van der Waals surface area contributed by atoms with E-state index in [9.17, 15) is 4.79 Å². The third-order valence-corrected chi connectivity index (χ3v) is 4.67. The van der Waals surface area contributed by atoms with Crippen LogP contribution in [0.4, 0.5) is 5.69 Å². The topological polar surface area (TPSA) is 37.7 Å². The van der Waals surface area contributed by atoms with Crippen molar-refractivity contribution in [2.75, 3.05) is 45.2 Å². The van der Waals surface area contributed by atoms with Crippen LogP contribution in [0.2, 0.25) is 5.02 Å². The molecule has 1 fully saturated rings. The zero-order valence-electron chi connectivity index (χ0n) is 13.1. The maximum absolute atomic E-state index is 11.8. The molecule has 0 saturated carbocycles. The first-order valence-electron chi connectivity index (χ1n) is 7.32. The second-order valence-electron chi connectivity index (χ2n) is 5.73. The zero-order chi connectivity index (χ0) is 15.9. The van der Waals surface area contributed by atoms with Crippen molar-refractivity contribution < 1.29 is 9.53 Å². The number of likely N-dealkylation sites (N-methyl/N-ethyl adjacent to an activating group) is 1. The van der Waals surface area contributed by atoms with Crippen LogP contribution in [0, 0.1) is 0 Å². The Kier molecular flexibility index (Phi) is 4.02. The van der Waals surface area contributed by atoms with E-state index >= 15 is 0 Å². The van der Waals surface area contributed by atoms with E-state index in [2.05, 4.69) is 22.9 Å². The number of anilines is 1. The van der Waals surface area contributed by atoms with Gasteiger partial charge in [-0.1, -0.05) is 11.6 Å². The number of aryl methyl sites for hydroxylation is 1. The SMILES string of the molecule is COC(=O)c1cc2c(Cl)cc(N3CCN(C)CC3)cc2n1C. The molecule has 2 aromatic rings. The quantitative estimate of drug-likeness (QED) is 0.796. The molecule has 0 unspecified atom stereocenters. The van der Waals surface area contributed by atoms with Crippen molar-refractivity contribution in [2.45, 2.75) is 0 Å². The third-order valence-electron chi connectivity index (χ3n) is 4.36. The van der Waals surface area contributed by atoms with Gasteiger partial charge in [0.05, 0.1) is 17.6 Å². The van der Waals surface area contributed by atoms with Crippen molar-refractivity contribution >= 4 is 34.2 Å². The number of hydrogen-bond acceptors (Lipinski definition) is 4. The Hall–Kier alpha value is -1.72. The number of halogens is 1. The summed E-state index contributed by atoms with van der Waals surface area (Å²) < 4.78 is 6.67. The van der Waals surface area contributed by atoms with Crippen LogP contribution in [0.25, 0.3) is 10.9 Å². The van der Waals surface area contributed by atoms with Crippen LogP contribution in [-0.4, -0.2) is 55.8 Å². The van der Waals surface area contributed by atoms with Crippen molar-refractivity contribution in [3.63, 3.8) is 0 Å². The third kappa shape index (κ3) is 2.55. The summed E-state index contributed by atoms with van der Waals surface area (Å²) in [6.07, 6.45) is 0. The highest BCUT2D eigenvalue weighted by molar-refractivity contribution is 6.36. The van der Waals surface area contributed by atoms with Crippen LogP contribution in [0.5, 0.6) is 0 Å². The summed E-state index contributed by atoms with van der Waals surface area (Å²) in [6, 6.07) is 5.87. The van der Waals surface area contributed by atoms with Gasteiger partial charge in [0.25, 0.3) is 0 Å². The molecule has 1 aromatic heterocycles. The Morgan fingerprint density at radius 2 is 1.82 bits per heavy atom. The highest BCUT2D eigenvalue weighted by atomic mass is 35.5. The minimum absolute atomic E-state index is 0.351. The Balaban J connectivity index is 2.04. The standard InChI is InChI=1S/C16H20ClN3O2/c1-18-4-6-20(7-5-18)11-8-13(17)12-10-15(16(21)22-3)19(2)14(12)9-11/h8-10H,4-7H2,1-3H3. The lowest BCUT2D eigenvalue weighted by Gasteiger charge is -2.34. The number of rotatable bonds is 2. The number of carbonyl (C=O) groups is 1. The summed E-state index contributed by atoms with van der Waals surface area (Å²) in [5.41, 5.74) is 2.56. The number of ether oxygens (including phenoxy) is 1. The van der Waals surface area contributed by atoms with Gasteiger partial charge in [0.15, 0.2) is 0 Å². The number of carbonyl (C=O) groups excluding carboxylic acids is 1. The molecule has 0 radical (unpaired) electrons. The van der Waals surface area contributed by atoms with Crippen molar-refractivity contribution in [3.8, 4) is 0 Å². The molecule has 0 atom stereocenters. The van der Waals surface area contributed by atoms with Gasteiger partial charge in [-0.25, -0.2) is 4.79 Å². The first-order valence-corrected chi connectivity index (χ1v) is 7.70. The minimum Gasteiger partial charge on any atom is -0.464 e. The average molecular weight is 322 g/mol. The van der Waals surface area contributed by atoms with Crippen LogP contribution in [0.15, 0.2) is 18.2 Å². The van der Waals surface area contributed by atoms with Gasteiger partial charge in [0.2, 0.25) is 0 Å². The molecular weight excluding hydrogens is 302 g/mol. The number of nitrogens with zero attached hydrogens (tertiary/aromatic N) is 3. The summed E-state index contributed by atoms with van der Waals surface area (Å²) in [5.74, 6) is -0.351. The summed E-state index contributed by atoms with van der Waals surface area (Å²) in [7, 11) is 5.38. The largest absolute Gasteiger partial charge is 0.464 e. The van der Waals surface area contributed by atoms with E-state index in [1.54, 1.807) is 6.07 Å². The molecule has 0 N–H and O–H groups in total. The Labute approximate surface area is 135 Å². The molecular formula is C16H20ClN3O2. The number of esters is 1. The summed E-state index contributed by atoms with van der Waals surface area (Å²) in [6.45, 7) is 4.03. The number of fused-ring (bicyclic) bond motifs is 1. The fourth-order valence-corrected chi connectivity index (χ4v) is 3.18. The lowest BCUT2D eigenvalue weighted by molar-refractivity contribution is 0.0590. The van der Waals surface area contributed by atoms with E-state index in [0.29, 0.717) is 10.7 Å². The molecule has 0 bridgehead atoms. The fraction of sp³-hybridized carbons (Fsp3) is 0.438. The highest BCUT2D eigenvalue weighted by Crippen LogP contribution is 2.32. The van der Waals surface area contributed by atoms with Crippen molar-refractivity contribution in [1.82, 2.24) is 9.47 Å². The molecule has 1 aromatic carbocycles. The summed E-state index contributed by atoms with van der Waals surface area (Å²) in [5, 5.41) is 1.54. The Bertz CT molecular complexity index is 718. The summed E-state index contributed by atoms with van der Waals surface area (Å²) >= 11 is 6.44.